The summed E-state index contributed by atoms with van der Waals surface area (Å²) < 4.78 is 8.45. The van der Waals surface area contributed by atoms with Gasteiger partial charge in [0.05, 0.1) is 16.4 Å². The summed E-state index contributed by atoms with van der Waals surface area (Å²) >= 11 is 7.60. The Morgan fingerprint density at radius 3 is 2.57 bits per heavy atom. The molecule has 0 spiro atoms. The third-order valence-electron chi connectivity index (χ3n) is 6.85. The molecule has 1 saturated carbocycles. The van der Waals surface area contributed by atoms with Gasteiger partial charge in [0.1, 0.15) is 11.5 Å². The van der Waals surface area contributed by atoms with Crippen molar-refractivity contribution in [1.29, 1.82) is 0 Å². The van der Waals surface area contributed by atoms with E-state index in [1.807, 2.05) is 50.4 Å². The molecular formula is C29H29ClN2O4S. The van der Waals surface area contributed by atoms with Crippen molar-refractivity contribution in [2.24, 2.45) is 7.05 Å². The lowest BCUT2D eigenvalue weighted by molar-refractivity contribution is 0.0871. The van der Waals surface area contributed by atoms with Gasteiger partial charge in [-0.05, 0) is 86.6 Å². The fraction of sp³-hybridized carbons (Fsp3) is 0.310. The van der Waals surface area contributed by atoms with E-state index in [-0.39, 0.29) is 23.6 Å². The van der Waals surface area contributed by atoms with Crippen molar-refractivity contribution in [3.05, 3.63) is 80.0 Å². The monoisotopic (exact) mass is 536 g/mol. The molecule has 0 radical (unpaired) electrons. The van der Waals surface area contributed by atoms with Crippen molar-refractivity contribution < 1.29 is 14.6 Å². The van der Waals surface area contributed by atoms with Crippen LogP contribution in [0.2, 0.25) is 5.02 Å². The minimum absolute atomic E-state index is 0.0372. The van der Waals surface area contributed by atoms with Crippen molar-refractivity contribution >= 4 is 38.9 Å². The fourth-order valence-electron chi connectivity index (χ4n) is 4.78. The Bertz CT molecular complexity index is 1550. The van der Waals surface area contributed by atoms with Gasteiger partial charge in [-0.3, -0.25) is 9.59 Å². The van der Waals surface area contributed by atoms with Crippen LogP contribution in [0.25, 0.3) is 21.2 Å². The van der Waals surface area contributed by atoms with E-state index in [0.717, 1.165) is 39.8 Å². The molecule has 2 aromatic carbocycles. The lowest BCUT2D eigenvalue weighted by Gasteiger charge is -2.25. The Morgan fingerprint density at radius 1 is 1.08 bits per heavy atom. The highest BCUT2D eigenvalue weighted by Crippen LogP contribution is 2.37. The number of aromatic nitrogens is 1. The number of carbonyl (C=O) groups excluding carboxylic acids is 1. The molecule has 8 heteroatoms. The van der Waals surface area contributed by atoms with Crippen molar-refractivity contribution in [1.82, 2.24) is 9.88 Å². The number of benzene rings is 2. The van der Waals surface area contributed by atoms with Gasteiger partial charge in [0.15, 0.2) is 0 Å². The summed E-state index contributed by atoms with van der Waals surface area (Å²) in [6.45, 7) is 3.93. The number of ether oxygens (including phenoxy) is 1. The molecule has 2 aromatic heterocycles. The molecule has 1 aliphatic rings. The average Bonchev–Trinajstić information content (AvgIpc) is 3.31. The number of pyridine rings is 1. The summed E-state index contributed by atoms with van der Waals surface area (Å²) in [6, 6.07) is 13.2. The van der Waals surface area contributed by atoms with E-state index < -0.39 is 0 Å². The second-order valence-corrected chi connectivity index (χ2v) is 11.3. The zero-order chi connectivity index (χ0) is 26.3. The number of halogens is 1. The Balaban J connectivity index is 1.50. The van der Waals surface area contributed by atoms with Crippen molar-refractivity contribution in [2.75, 3.05) is 0 Å². The smallest absolute Gasteiger partial charge is 0.261 e. The standard InChI is InChI=1S/C29H29ClN2O4S/c1-16-10-18(12-22(11-16)36-21-9-4-17(2)25(30)13-21)24-15-32(3)29(35)23-14-26(37-27(23)24)28(34)31-19-5-7-20(33)8-6-19/h4,9-15,19-20,33H,5-8H2,1-3H3,(H,31,34). The summed E-state index contributed by atoms with van der Waals surface area (Å²) in [4.78, 5) is 26.6. The molecule has 2 N–H and O–H groups in total. The lowest BCUT2D eigenvalue weighted by atomic mass is 9.93. The van der Waals surface area contributed by atoms with Crippen LogP contribution in [0, 0.1) is 13.8 Å². The van der Waals surface area contributed by atoms with Gasteiger partial charge in [0.25, 0.3) is 11.5 Å². The highest BCUT2D eigenvalue weighted by molar-refractivity contribution is 7.21. The van der Waals surface area contributed by atoms with Gasteiger partial charge in [0, 0.05) is 34.6 Å². The zero-order valence-electron chi connectivity index (χ0n) is 21.0. The minimum atomic E-state index is -0.283. The van der Waals surface area contributed by atoms with Gasteiger partial charge in [-0.15, -0.1) is 11.3 Å². The minimum Gasteiger partial charge on any atom is -0.457 e. The highest BCUT2D eigenvalue weighted by atomic mass is 35.5. The number of aliphatic hydroxyl groups excluding tert-OH is 1. The van der Waals surface area contributed by atoms with Gasteiger partial charge in [-0.25, -0.2) is 0 Å². The van der Waals surface area contributed by atoms with Crippen LogP contribution < -0.4 is 15.6 Å². The van der Waals surface area contributed by atoms with E-state index in [9.17, 15) is 14.7 Å². The Hall–Kier alpha value is -3.13. The number of nitrogens with zero attached hydrogens (tertiary/aromatic N) is 1. The second-order valence-electron chi connectivity index (χ2n) is 9.84. The number of rotatable bonds is 5. The average molecular weight is 537 g/mol. The predicted molar refractivity (Wildman–Crippen MR) is 149 cm³/mol. The van der Waals surface area contributed by atoms with E-state index in [0.29, 0.717) is 39.6 Å². The van der Waals surface area contributed by atoms with Gasteiger partial charge < -0.3 is 19.7 Å². The third kappa shape index (κ3) is 5.44. The topological polar surface area (TPSA) is 80.6 Å². The van der Waals surface area contributed by atoms with Gasteiger partial charge >= 0.3 is 0 Å². The van der Waals surface area contributed by atoms with Crippen LogP contribution in [-0.4, -0.2) is 27.7 Å². The van der Waals surface area contributed by atoms with Gasteiger partial charge in [-0.1, -0.05) is 23.7 Å². The molecule has 0 bridgehead atoms. The van der Waals surface area contributed by atoms with Crippen LogP contribution in [0.4, 0.5) is 0 Å². The molecule has 192 valence electrons. The van der Waals surface area contributed by atoms with Crippen LogP contribution in [0.15, 0.2) is 53.5 Å². The highest BCUT2D eigenvalue weighted by Gasteiger charge is 2.23. The summed E-state index contributed by atoms with van der Waals surface area (Å²) in [7, 11) is 1.72. The summed E-state index contributed by atoms with van der Waals surface area (Å²) in [5, 5.41) is 14.0. The number of thiophene rings is 1. The fourth-order valence-corrected chi connectivity index (χ4v) is 6.04. The normalized spacial score (nSPS) is 17.6. The maximum Gasteiger partial charge on any atom is 0.261 e. The molecule has 5 rings (SSSR count). The van der Waals surface area contributed by atoms with Crippen molar-refractivity contribution in [2.45, 2.75) is 51.7 Å². The number of hydrogen-bond donors (Lipinski definition) is 2. The van der Waals surface area contributed by atoms with Crippen LogP contribution >= 0.6 is 22.9 Å². The number of aliphatic hydroxyl groups is 1. The van der Waals surface area contributed by atoms with Crippen LogP contribution in [0.3, 0.4) is 0 Å². The van der Waals surface area contributed by atoms with Gasteiger partial charge in [0.2, 0.25) is 0 Å². The SMILES string of the molecule is Cc1cc(Oc2ccc(C)c(Cl)c2)cc(-c2cn(C)c(=O)c3cc(C(=O)NC4CCC(O)CC4)sc23)c1. The number of fused-ring (bicyclic) bond motifs is 1. The van der Waals surface area contributed by atoms with Gasteiger partial charge in [-0.2, -0.15) is 0 Å². The number of nitrogens with one attached hydrogen (secondary N) is 1. The molecule has 0 aliphatic heterocycles. The largest absolute Gasteiger partial charge is 0.457 e. The molecule has 1 aliphatic carbocycles. The van der Waals surface area contributed by atoms with E-state index in [1.54, 1.807) is 23.7 Å². The van der Waals surface area contributed by atoms with Crippen LogP contribution in [0.1, 0.15) is 46.5 Å². The molecule has 4 aromatic rings. The predicted octanol–water partition coefficient (Wildman–Crippen LogP) is 6.36. The summed E-state index contributed by atoms with van der Waals surface area (Å²) in [5.74, 6) is 1.12. The molecule has 6 nitrogen and oxygen atoms in total. The van der Waals surface area contributed by atoms with Crippen LogP contribution in [0.5, 0.6) is 11.5 Å². The first kappa shape index (κ1) is 25.5. The molecule has 1 amide bonds. The third-order valence-corrected chi connectivity index (χ3v) is 8.42. The van der Waals surface area contributed by atoms with E-state index in [2.05, 4.69) is 5.32 Å². The molecule has 0 unspecified atom stereocenters. The Labute approximate surface area is 224 Å². The molecular weight excluding hydrogens is 508 g/mol. The number of carbonyl (C=O) groups is 1. The lowest BCUT2D eigenvalue weighted by Crippen LogP contribution is -2.38. The molecule has 0 atom stereocenters. The van der Waals surface area contributed by atoms with Crippen molar-refractivity contribution in [3.8, 4) is 22.6 Å². The summed E-state index contributed by atoms with van der Waals surface area (Å²) in [5.41, 5.74) is 3.58. The van der Waals surface area contributed by atoms with Crippen LogP contribution in [-0.2, 0) is 7.05 Å². The first-order valence-corrected chi connectivity index (χ1v) is 13.6. The Morgan fingerprint density at radius 2 is 1.84 bits per heavy atom. The Kier molecular flexibility index (Phi) is 7.12. The maximum atomic E-state index is 13.1. The molecule has 2 heterocycles. The second kappa shape index (κ2) is 10.3. The molecule has 37 heavy (non-hydrogen) atoms. The van der Waals surface area contributed by atoms with E-state index in [1.165, 1.54) is 11.3 Å². The molecule has 1 fully saturated rings. The van der Waals surface area contributed by atoms with Crippen molar-refractivity contribution in [3.63, 3.8) is 0 Å². The quantitative estimate of drug-likeness (QED) is 0.311. The first-order chi connectivity index (χ1) is 17.7. The van der Waals surface area contributed by atoms with E-state index in [4.69, 9.17) is 16.3 Å². The number of hydrogen-bond acceptors (Lipinski definition) is 5. The number of amides is 1. The zero-order valence-corrected chi connectivity index (χ0v) is 22.6. The number of aryl methyl sites for hydroxylation is 3. The maximum absolute atomic E-state index is 13.1. The first-order valence-electron chi connectivity index (χ1n) is 12.4. The summed E-state index contributed by atoms with van der Waals surface area (Å²) in [6.07, 6.45) is 4.41. The van der Waals surface area contributed by atoms with E-state index >= 15 is 0 Å². The molecule has 0 saturated heterocycles.